The minimum absolute atomic E-state index is 0.955. The van der Waals surface area contributed by atoms with Crippen molar-refractivity contribution in [3.05, 3.63) is 35.6 Å². The molecule has 1 heterocycles. The predicted molar refractivity (Wildman–Crippen MR) is 49.3 cm³/mol. The molecular formula is C10H15N. The molecule has 1 rings (SSSR count). The van der Waals surface area contributed by atoms with Gasteiger partial charge in [0.2, 0.25) is 0 Å². The van der Waals surface area contributed by atoms with Crippen molar-refractivity contribution in [1.82, 2.24) is 5.32 Å². The Balaban J connectivity index is 2.66. The Morgan fingerprint density at radius 1 is 1.55 bits per heavy atom. The second-order valence-corrected chi connectivity index (χ2v) is 2.68. The zero-order chi connectivity index (χ0) is 8.10. The first-order valence-corrected chi connectivity index (χ1v) is 4.07. The van der Waals surface area contributed by atoms with Crippen LogP contribution in [0.5, 0.6) is 0 Å². The SMILES string of the molecule is C/C=C(/C)C1=CCC=CCN1. The van der Waals surface area contributed by atoms with Gasteiger partial charge in [0, 0.05) is 12.2 Å². The van der Waals surface area contributed by atoms with E-state index in [4.69, 9.17) is 0 Å². The number of nitrogens with one attached hydrogen (secondary N) is 1. The second-order valence-electron chi connectivity index (χ2n) is 2.68. The maximum absolute atomic E-state index is 3.34. The number of hydrogen-bond donors (Lipinski definition) is 1. The van der Waals surface area contributed by atoms with Crippen molar-refractivity contribution in [3.63, 3.8) is 0 Å². The van der Waals surface area contributed by atoms with Crippen LogP contribution in [-0.4, -0.2) is 6.54 Å². The smallest absolute Gasteiger partial charge is 0.0331 e. The molecule has 0 aromatic rings. The van der Waals surface area contributed by atoms with E-state index in [1.807, 2.05) is 0 Å². The Bertz CT molecular complexity index is 209. The van der Waals surface area contributed by atoms with Crippen molar-refractivity contribution in [2.24, 2.45) is 0 Å². The van der Waals surface area contributed by atoms with Gasteiger partial charge in [0.15, 0.2) is 0 Å². The van der Waals surface area contributed by atoms with E-state index in [0.717, 1.165) is 13.0 Å². The van der Waals surface area contributed by atoms with Crippen LogP contribution in [0.2, 0.25) is 0 Å². The zero-order valence-electron chi connectivity index (χ0n) is 7.22. The molecule has 1 aliphatic rings. The summed E-state index contributed by atoms with van der Waals surface area (Å²) in [7, 11) is 0. The molecule has 0 amide bonds. The predicted octanol–water partition coefficient (Wildman–Crippen LogP) is 2.39. The van der Waals surface area contributed by atoms with Gasteiger partial charge in [-0.2, -0.15) is 0 Å². The summed E-state index contributed by atoms with van der Waals surface area (Å²) in [6, 6.07) is 0. The Kier molecular flexibility index (Phi) is 2.96. The molecular weight excluding hydrogens is 134 g/mol. The molecule has 0 bridgehead atoms. The van der Waals surface area contributed by atoms with E-state index in [1.54, 1.807) is 0 Å². The minimum Gasteiger partial charge on any atom is -0.382 e. The lowest BCUT2D eigenvalue weighted by Crippen LogP contribution is -2.12. The highest BCUT2D eigenvalue weighted by atomic mass is 14.9. The fourth-order valence-corrected chi connectivity index (χ4v) is 1.06. The van der Waals surface area contributed by atoms with Crippen molar-refractivity contribution in [2.45, 2.75) is 20.3 Å². The van der Waals surface area contributed by atoms with Crippen LogP contribution < -0.4 is 5.32 Å². The van der Waals surface area contributed by atoms with E-state index in [1.165, 1.54) is 11.3 Å². The average molecular weight is 149 g/mol. The molecule has 0 aromatic heterocycles. The van der Waals surface area contributed by atoms with Gasteiger partial charge in [0.25, 0.3) is 0 Å². The minimum atomic E-state index is 0.955. The topological polar surface area (TPSA) is 12.0 Å². The Morgan fingerprint density at radius 3 is 3.09 bits per heavy atom. The zero-order valence-corrected chi connectivity index (χ0v) is 7.22. The lowest BCUT2D eigenvalue weighted by atomic mass is 10.2. The van der Waals surface area contributed by atoms with Crippen molar-refractivity contribution in [1.29, 1.82) is 0 Å². The standard InChI is InChI=1S/C10H15N/c1-3-9(2)10-7-5-4-6-8-11-10/h3-4,6-7,11H,5,8H2,1-2H3/b9-3-. The van der Waals surface area contributed by atoms with Crippen LogP contribution >= 0.6 is 0 Å². The summed E-state index contributed by atoms with van der Waals surface area (Å²) < 4.78 is 0. The number of rotatable bonds is 1. The van der Waals surface area contributed by atoms with Crippen LogP contribution in [0, 0.1) is 0 Å². The first-order valence-electron chi connectivity index (χ1n) is 4.07. The summed E-state index contributed by atoms with van der Waals surface area (Å²) in [6.07, 6.45) is 9.74. The summed E-state index contributed by atoms with van der Waals surface area (Å²) in [5, 5.41) is 3.34. The van der Waals surface area contributed by atoms with Gasteiger partial charge in [0.05, 0.1) is 0 Å². The fourth-order valence-electron chi connectivity index (χ4n) is 1.06. The molecule has 0 radical (unpaired) electrons. The molecule has 1 N–H and O–H groups in total. The highest BCUT2D eigenvalue weighted by Gasteiger charge is 1.97. The molecule has 11 heavy (non-hydrogen) atoms. The van der Waals surface area contributed by atoms with Gasteiger partial charge in [-0.25, -0.2) is 0 Å². The third-order valence-corrected chi connectivity index (χ3v) is 1.89. The normalized spacial score (nSPS) is 18.7. The highest BCUT2D eigenvalue weighted by molar-refractivity contribution is 5.28. The van der Waals surface area contributed by atoms with Crippen LogP contribution in [0.25, 0.3) is 0 Å². The van der Waals surface area contributed by atoms with Crippen LogP contribution in [0.3, 0.4) is 0 Å². The van der Waals surface area contributed by atoms with Crippen LogP contribution in [0.1, 0.15) is 20.3 Å². The lowest BCUT2D eigenvalue weighted by Gasteiger charge is -2.07. The largest absolute Gasteiger partial charge is 0.382 e. The monoisotopic (exact) mass is 149 g/mol. The molecule has 1 heteroatoms. The van der Waals surface area contributed by atoms with E-state index in [9.17, 15) is 0 Å². The summed E-state index contributed by atoms with van der Waals surface area (Å²) in [5.41, 5.74) is 2.60. The van der Waals surface area contributed by atoms with Crippen molar-refractivity contribution < 1.29 is 0 Å². The first kappa shape index (κ1) is 8.12. The summed E-state index contributed by atoms with van der Waals surface area (Å²) in [5.74, 6) is 0. The fraction of sp³-hybridized carbons (Fsp3) is 0.400. The van der Waals surface area contributed by atoms with Gasteiger partial charge in [-0.1, -0.05) is 24.3 Å². The lowest BCUT2D eigenvalue weighted by molar-refractivity contribution is 0.916. The second kappa shape index (κ2) is 4.02. The molecule has 0 aliphatic carbocycles. The van der Waals surface area contributed by atoms with E-state index in [0.29, 0.717) is 0 Å². The third-order valence-electron chi connectivity index (χ3n) is 1.89. The number of hydrogen-bond acceptors (Lipinski definition) is 1. The van der Waals surface area contributed by atoms with E-state index in [-0.39, 0.29) is 0 Å². The molecule has 0 saturated heterocycles. The van der Waals surface area contributed by atoms with E-state index in [2.05, 4.69) is 43.5 Å². The summed E-state index contributed by atoms with van der Waals surface area (Å²) >= 11 is 0. The average Bonchev–Trinajstić information content (AvgIpc) is 2.30. The van der Waals surface area contributed by atoms with Crippen molar-refractivity contribution in [3.8, 4) is 0 Å². The molecule has 60 valence electrons. The van der Waals surface area contributed by atoms with Crippen LogP contribution in [-0.2, 0) is 0 Å². The Hall–Kier alpha value is -0.980. The molecule has 0 unspecified atom stereocenters. The van der Waals surface area contributed by atoms with Gasteiger partial charge in [-0.05, 0) is 25.8 Å². The first-order chi connectivity index (χ1) is 5.34. The van der Waals surface area contributed by atoms with E-state index < -0.39 is 0 Å². The third kappa shape index (κ3) is 2.26. The molecule has 0 fully saturated rings. The Labute approximate surface area is 68.5 Å². The van der Waals surface area contributed by atoms with Crippen LogP contribution in [0.15, 0.2) is 35.6 Å². The maximum atomic E-state index is 3.34. The Morgan fingerprint density at radius 2 is 2.36 bits per heavy atom. The molecule has 1 aliphatic heterocycles. The number of allylic oxidation sites excluding steroid dienone is 4. The summed E-state index contributed by atoms with van der Waals surface area (Å²) in [6.45, 7) is 5.15. The molecule has 0 aromatic carbocycles. The van der Waals surface area contributed by atoms with Gasteiger partial charge >= 0.3 is 0 Å². The molecule has 0 spiro atoms. The van der Waals surface area contributed by atoms with Crippen molar-refractivity contribution in [2.75, 3.05) is 6.54 Å². The van der Waals surface area contributed by atoms with Crippen LogP contribution in [0.4, 0.5) is 0 Å². The quantitative estimate of drug-likeness (QED) is 0.564. The molecule has 1 nitrogen and oxygen atoms in total. The highest BCUT2D eigenvalue weighted by Crippen LogP contribution is 2.08. The van der Waals surface area contributed by atoms with Gasteiger partial charge in [-0.15, -0.1) is 0 Å². The van der Waals surface area contributed by atoms with Gasteiger partial charge in [-0.3, -0.25) is 0 Å². The van der Waals surface area contributed by atoms with Gasteiger partial charge < -0.3 is 5.32 Å². The maximum Gasteiger partial charge on any atom is 0.0331 e. The van der Waals surface area contributed by atoms with Gasteiger partial charge in [0.1, 0.15) is 0 Å². The summed E-state index contributed by atoms with van der Waals surface area (Å²) in [4.78, 5) is 0. The van der Waals surface area contributed by atoms with E-state index >= 15 is 0 Å². The molecule has 0 atom stereocenters. The molecule has 0 saturated carbocycles. The van der Waals surface area contributed by atoms with Crippen molar-refractivity contribution >= 4 is 0 Å².